The summed E-state index contributed by atoms with van der Waals surface area (Å²) in [6, 6.07) is 5.96. The SMILES string of the molecule is Cc1nn(C)cc1C(O)c1cccc(F)c1. The summed E-state index contributed by atoms with van der Waals surface area (Å²) in [6.07, 6.45) is 0.912. The summed E-state index contributed by atoms with van der Waals surface area (Å²) in [7, 11) is 1.79. The molecule has 1 aromatic heterocycles. The summed E-state index contributed by atoms with van der Waals surface area (Å²) in [4.78, 5) is 0. The number of hydrogen-bond donors (Lipinski definition) is 1. The first-order valence-corrected chi connectivity index (χ1v) is 5.01. The van der Waals surface area contributed by atoms with E-state index in [2.05, 4.69) is 5.10 Å². The molecule has 0 radical (unpaired) electrons. The van der Waals surface area contributed by atoms with Gasteiger partial charge in [0.1, 0.15) is 11.9 Å². The highest BCUT2D eigenvalue weighted by atomic mass is 19.1. The van der Waals surface area contributed by atoms with Gasteiger partial charge in [0.05, 0.1) is 5.69 Å². The van der Waals surface area contributed by atoms with E-state index in [4.69, 9.17) is 0 Å². The van der Waals surface area contributed by atoms with Crippen LogP contribution < -0.4 is 0 Å². The number of aliphatic hydroxyl groups excluding tert-OH is 1. The number of rotatable bonds is 2. The van der Waals surface area contributed by atoms with Gasteiger partial charge in [-0.05, 0) is 24.6 Å². The van der Waals surface area contributed by atoms with Gasteiger partial charge in [-0.25, -0.2) is 4.39 Å². The van der Waals surface area contributed by atoms with E-state index >= 15 is 0 Å². The molecule has 0 aliphatic heterocycles. The standard InChI is InChI=1S/C12H13FN2O/c1-8-11(7-15(2)14-8)12(16)9-4-3-5-10(13)6-9/h3-7,12,16H,1-2H3. The number of benzene rings is 1. The van der Waals surface area contributed by atoms with Crippen LogP contribution in [0.25, 0.3) is 0 Å². The molecule has 2 aromatic rings. The van der Waals surface area contributed by atoms with E-state index in [9.17, 15) is 9.50 Å². The normalized spacial score (nSPS) is 12.8. The third-order valence-electron chi connectivity index (χ3n) is 2.51. The second-order valence-electron chi connectivity index (χ2n) is 3.80. The fraction of sp³-hybridized carbons (Fsp3) is 0.250. The molecule has 0 saturated carbocycles. The molecule has 84 valence electrons. The van der Waals surface area contributed by atoms with Crippen molar-refractivity contribution in [2.45, 2.75) is 13.0 Å². The van der Waals surface area contributed by atoms with Crippen molar-refractivity contribution in [3.8, 4) is 0 Å². The molecule has 16 heavy (non-hydrogen) atoms. The van der Waals surface area contributed by atoms with Crippen molar-refractivity contribution in [3.05, 3.63) is 53.1 Å². The van der Waals surface area contributed by atoms with Crippen LogP contribution in [0.5, 0.6) is 0 Å². The van der Waals surface area contributed by atoms with Gasteiger partial charge < -0.3 is 5.11 Å². The molecule has 0 saturated heterocycles. The molecule has 0 bridgehead atoms. The van der Waals surface area contributed by atoms with Crippen molar-refractivity contribution in [3.63, 3.8) is 0 Å². The lowest BCUT2D eigenvalue weighted by Crippen LogP contribution is -2.00. The molecule has 1 atom stereocenters. The first-order chi connectivity index (χ1) is 7.58. The van der Waals surface area contributed by atoms with Crippen LogP contribution in [0.1, 0.15) is 22.9 Å². The summed E-state index contributed by atoms with van der Waals surface area (Å²) in [5.41, 5.74) is 1.99. The molecule has 0 aliphatic carbocycles. The number of halogens is 1. The molecule has 0 spiro atoms. The average Bonchev–Trinajstić information content (AvgIpc) is 2.57. The van der Waals surface area contributed by atoms with Crippen LogP contribution in [-0.2, 0) is 7.05 Å². The predicted molar refractivity (Wildman–Crippen MR) is 58.4 cm³/mol. The summed E-state index contributed by atoms with van der Waals surface area (Å²) in [6.45, 7) is 1.82. The molecular weight excluding hydrogens is 207 g/mol. The third-order valence-corrected chi connectivity index (χ3v) is 2.51. The highest BCUT2D eigenvalue weighted by Crippen LogP contribution is 2.24. The van der Waals surface area contributed by atoms with Crippen LogP contribution in [0.2, 0.25) is 0 Å². The Hall–Kier alpha value is -1.68. The van der Waals surface area contributed by atoms with E-state index < -0.39 is 6.10 Å². The lowest BCUT2D eigenvalue weighted by Gasteiger charge is -2.09. The van der Waals surface area contributed by atoms with Gasteiger partial charge in [-0.15, -0.1) is 0 Å². The van der Waals surface area contributed by atoms with E-state index in [1.807, 2.05) is 6.92 Å². The first-order valence-electron chi connectivity index (χ1n) is 5.01. The van der Waals surface area contributed by atoms with Crippen molar-refractivity contribution in [1.82, 2.24) is 9.78 Å². The maximum Gasteiger partial charge on any atom is 0.123 e. The minimum absolute atomic E-state index is 0.349. The molecule has 1 heterocycles. The average molecular weight is 220 g/mol. The second kappa shape index (κ2) is 4.06. The summed E-state index contributed by atoms with van der Waals surface area (Å²) in [5.74, 6) is -0.349. The Morgan fingerprint density at radius 2 is 2.19 bits per heavy atom. The van der Waals surface area contributed by atoms with E-state index in [0.717, 1.165) is 5.69 Å². The lowest BCUT2D eigenvalue weighted by atomic mass is 10.0. The van der Waals surface area contributed by atoms with Crippen LogP contribution in [0, 0.1) is 12.7 Å². The zero-order valence-corrected chi connectivity index (χ0v) is 9.18. The molecule has 0 aliphatic rings. The van der Waals surface area contributed by atoms with Gasteiger partial charge in [-0.1, -0.05) is 12.1 Å². The maximum atomic E-state index is 13.0. The summed E-state index contributed by atoms with van der Waals surface area (Å²) in [5, 5.41) is 14.2. The topological polar surface area (TPSA) is 38.0 Å². The zero-order chi connectivity index (χ0) is 11.7. The molecule has 2 rings (SSSR count). The number of hydrogen-bond acceptors (Lipinski definition) is 2. The van der Waals surface area contributed by atoms with E-state index in [0.29, 0.717) is 11.1 Å². The smallest absolute Gasteiger partial charge is 0.123 e. The van der Waals surface area contributed by atoms with Crippen LogP contribution in [-0.4, -0.2) is 14.9 Å². The summed E-state index contributed by atoms with van der Waals surface area (Å²) < 4.78 is 14.6. The molecular formula is C12H13FN2O. The predicted octanol–water partition coefficient (Wildman–Crippen LogP) is 1.95. The lowest BCUT2D eigenvalue weighted by molar-refractivity contribution is 0.219. The van der Waals surface area contributed by atoms with Crippen LogP contribution in [0.15, 0.2) is 30.5 Å². The Labute approximate surface area is 93.2 Å². The molecule has 3 nitrogen and oxygen atoms in total. The largest absolute Gasteiger partial charge is 0.384 e. The Balaban J connectivity index is 2.38. The number of aromatic nitrogens is 2. The van der Waals surface area contributed by atoms with Crippen LogP contribution in [0.3, 0.4) is 0 Å². The van der Waals surface area contributed by atoms with Crippen molar-refractivity contribution in [2.24, 2.45) is 7.05 Å². The fourth-order valence-electron chi connectivity index (χ4n) is 1.74. The van der Waals surface area contributed by atoms with Crippen molar-refractivity contribution >= 4 is 0 Å². The monoisotopic (exact) mass is 220 g/mol. The minimum atomic E-state index is -0.829. The first kappa shape index (κ1) is 10.8. The maximum absolute atomic E-state index is 13.0. The van der Waals surface area contributed by atoms with Crippen molar-refractivity contribution in [2.75, 3.05) is 0 Å². The highest BCUT2D eigenvalue weighted by Gasteiger charge is 2.15. The highest BCUT2D eigenvalue weighted by molar-refractivity contribution is 5.30. The Morgan fingerprint density at radius 1 is 1.44 bits per heavy atom. The molecule has 0 fully saturated rings. The number of aliphatic hydroxyl groups is 1. The van der Waals surface area contributed by atoms with Gasteiger partial charge in [0.15, 0.2) is 0 Å². The minimum Gasteiger partial charge on any atom is -0.384 e. The number of nitrogens with zero attached hydrogens (tertiary/aromatic N) is 2. The third kappa shape index (κ3) is 1.97. The van der Waals surface area contributed by atoms with Crippen molar-refractivity contribution in [1.29, 1.82) is 0 Å². The van der Waals surface area contributed by atoms with Gasteiger partial charge in [-0.3, -0.25) is 4.68 Å². The quantitative estimate of drug-likeness (QED) is 0.840. The van der Waals surface area contributed by atoms with Gasteiger partial charge in [0, 0.05) is 18.8 Å². The number of aryl methyl sites for hydroxylation is 2. The molecule has 1 unspecified atom stereocenters. The molecule has 1 aromatic carbocycles. The van der Waals surface area contributed by atoms with Crippen LogP contribution in [0.4, 0.5) is 4.39 Å². The zero-order valence-electron chi connectivity index (χ0n) is 9.18. The molecule has 0 amide bonds. The Kier molecular flexibility index (Phi) is 2.75. The van der Waals surface area contributed by atoms with Crippen molar-refractivity contribution < 1.29 is 9.50 Å². The van der Waals surface area contributed by atoms with Crippen LogP contribution >= 0.6 is 0 Å². The summed E-state index contributed by atoms with van der Waals surface area (Å²) >= 11 is 0. The van der Waals surface area contributed by atoms with Gasteiger partial charge >= 0.3 is 0 Å². The molecule has 4 heteroatoms. The van der Waals surface area contributed by atoms with E-state index in [1.165, 1.54) is 12.1 Å². The van der Waals surface area contributed by atoms with Gasteiger partial charge in [0.25, 0.3) is 0 Å². The van der Waals surface area contributed by atoms with E-state index in [1.54, 1.807) is 30.1 Å². The Bertz CT molecular complexity index is 507. The van der Waals surface area contributed by atoms with Gasteiger partial charge in [0.2, 0.25) is 0 Å². The second-order valence-corrected chi connectivity index (χ2v) is 3.80. The Morgan fingerprint density at radius 3 is 2.75 bits per heavy atom. The fourth-order valence-corrected chi connectivity index (χ4v) is 1.74. The van der Waals surface area contributed by atoms with Gasteiger partial charge in [-0.2, -0.15) is 5.10 Å². The molecule has 1 N–H and O–H groups in total. The van der Waals surface area contributed by atoms with E-state index in [-0.39, 0.29) is 5.82 Å².